The molecule has 0 N–H and O–H groups in total. The molecule has 0 unspecified atom stereocenters. The van der Waals surface area contributed by atoms with E-state index in [4.69, 9.17) is 0 Å². The number of rotatable bonds is 4. The van der Waals surface area contributed by atoms with Crippen molar-refractivity contribution in [1.82, 2.24) is 20.2 Å². The molecule has 1 saturated carbocycles. The van der Waals surface area contributed by atoms with Crippen LogP contribution < -0.4 is 4.74 Å². The lowest BCUT2D eigenvalue weighted by Gasteiger charge is -2.10. The van der Waals surface area contributed by atoms with Gasteiger partial charge in [0.1, 0.15) is 5.75 Å². The fourth-order valence-electron chi connectivity index (χ4n) is 2.36. The highest BCUT2D eigenvalue weighted by molar-refractivity contribution is 7.99. The van der Waals surface area contributed by atoms with Crippen LogP contribution in [0, 0.1) is 0 Å². The van der Waals surface area contributed by atoms with E-state index in [9.17, 15) is 13.2 Å². The van der Waals surface area contributed by atoms with Crippen molar-refractivity contribution in [3.8, 4) is 11.4 Å². The third-order valence-corrected chi connectivity index (χ3v) is 4.60. The number of ether oxygens (including phenoxy) is 1. The molecule has 3 rings (SSSR count). The molecule has 2 aromatic rings. The summed E-state index contributed by atoms with van der Waals surface area (Å²) < 4.78 is 41.8. The number of aromatic nitrogens is 4. The Kier molecular flexibility index (Phi) is 4.23. The maximum absolute atomic E-state index is 12.1. The van der Waals surface area contributed by atoms with Gasteiger partial charge in [-0.05, 0) is 47.5 Å². The van der Waals surface area contributed by atoms with Gasteiger partial charge >= 0.3 is 6.36 Å². The molecule has 0 atom stereocenters. The van der Waals surface area contributed by atoms with Crippen LogP contribution >= 0.6 is 11.8 Å². The number of thioether (sulfide) groups is 1. The van der Waals surface area contributed by atoms with Gasteiger partial charge in [0.25, 0.3) is 0 Å². The Hall–Kier alpha value is -1.77. The topological polar surface area (TPSA) is 52.8 Å². The van der Waals surface area contributed by atoms with Gasteiger partial charge < -0.3 is 4.74 Å². The molecule has 0 amide bonds. The van der Waals surface area contributed by atoms with Crippen molar-refractivity contribution < 1.29 is 17.9 Å². The van der Waals surface area contributed by atoms with E-state index in [0.29, 0.717) is 16.1 Å². The van der Waals surface area contributed by atoms with Crippen molar-refractivity contribution in [1.29, 1.82) is 0 Å². The lowest BCUT2D eigenvalue weighted by atomic mass is 10.3. The maximum Gasteiger partial charge on any atom is 0.573 e. The molecule has 0 bridgehead atoms. The molecule has 1 heterocycles. The smallest absolute Gasteiger partial charge is 0.406 e. The summed E-state index contributed by atoms with van der Waals surface area (Å²) in [6.45, 7) is 0. The van der Waals surface area contributed by atoms with Crippen molar-refractivity contribution in [2.45, 2.75) is 42.5 Å². The normalized spacial score (nSPS) is 16.1. The summed E-state index contributed by atoms with van der Waals surface area (Å²) in [4.78, 5) is 0. The Labute approximate surface area is 128 Å². The standard InChI is InChI=1S/C13H13F3N4OS/c14-13(15,16)21-10-7-5-9(6-8-10)20-12(17-18-19-20)22-11-3-1-2-4-11/h5-8,11H,1-4H2. The first kappa shape index (κ1) is 15.1. The molecule has 1 aromatic heterocycles. The summed E-state index contributed by atoms with van der Waals surface area (Å²) in [5.41, 5.74) is 0.597. The minimum atomic E-state index is -4.69. The van der Waals surface area contributed by atoms with Gasteiger partial charge in [-0.2, -0.15) is 4.68 Å². The van der Waals surface area contributed by atoms with E-state index < -0.39 is 6.36 Å². The second-order valence-electron chi connectivity index (χ2n) is 4.94. The number of hydrogen-bond donors (Lipinski definition) is 0. The van der Waals surface area contributed by atoms with Gasteiger partial charge in [0, 0.05) is 5.25 Å². The molecular weight excluding hydrogens is 317 g/mol. The maximum atomic E-state index is 12.1. The second-order valence-corrected chi connectivity index (χ2v) is 6.21. The average molecular weight is 330 g/mol. The van der Waals surface area contributed by atoms with Gasteiger partial charge in [0.2, 0.25) is 5.16 Å². The molecule has 1 aromatic carbocycles. The molecule has 0 radical (unpaired) electrons. The number of tetrazole rings is 1. The first-order valence-electron chi connectivity index (χ1n) is 6.82. The summed E-state index contributed by atoms with van der Waals surface area (Å²) in [7, 11) is 0. The summed E-state index contributed by atoms with van der Waals surface area (Å²) >= 11 is 1.61. The van der Waals surface area contributed by atoms with E-state index in [1.54, 1.807) is 11.8 Å². The van der Waals surface area contributed by atoms with E-state index in [-0.39, 0.29) is 5.75 Å². The number of alkyl halides is 3. The van der Waals surface area contributed by atoms with Crippen LogP contribution in [0.15, 0.2) is 29.4 Å². The molecule has 0 spiro atoms. The van der Waals surface area contributed by atoms with Crippen LogP contribution in [-0.4, -0.2) is 31.8 Å². The lowest BCUT2D eigenvalue weighted by molar-refractivity contribution is -0.274. The number of halogens is 3. The first-order chi connectivity index (χ1) is 10.5. The zero-order valence-electron chi connectivity index (χ0n) is 11.5. The Morgan fingerprint density at radius 1 is 1.14 bits per heavy atom. The van der Waals surface area contributed by atoms with Crippen LogP contribution in [0.1, 0.15) is 25.7 Å². The quantitative estimate of drug-likeness (QED) is 0.857. The van der Waals surface area contributed by atoms with Crippen LogP contribution in [0.25, 0.3) is 5.69 Å². The molecule has 0 saturated heterocycles. The number of hydrogen-bond acceptors (Lipinski definition) is 5. The number of nitrogens with zero attached hydrogens (tertiary/aromatic N) is 4. The van der Waals surface area contributed by atoms with Crippen LogP contribution in [-0.2, 0) is 0 Å². The molecule has 1 aliphatic carbocycles. The van der Waals surface area contributed by atoms with E-state index in [2.05, 4.69) is 20.3 Å². The minimum Gasteiger partial charge on any atom is -0.406 e. The summed E-state index contributed by atoms with van der Waals surface area (Å²) in [6, 6.07) is 5.48. The summed E-state index contributed by atoms with van der Waals surface area (Å²) in [5, 5.41) is 12.7. The van der Waals surface area contributed by atoms with Gasteiger partial charge in [-0.1, -0.05) is 24.6 Å². The summed E-state index contributed by atoms with van der Waals surface area (Å²) in [6.07, 6.45) is -0.00297. The highest BCUT2D eigenvalue weighted by Gasteiger charge is 2.31. The molecule has 9 heteroatoms. The first-order valence-corrected chi connectivity index (χ1v) is 7.70. The van der Waals surface area contributed by atoms with Crippen LogP contribution in [0.4, 0.5) is 13.2 Å². The Bertz CT molecular complexity index is 623. The van der Waals surface area contributed by atoms with Crippen molar-refractivity contribution >= 4 is 11.8 Å². The van der Waals surface area contributed by atoms with Gasteiger partial charge in [-0.15, -0.1) is 18.3 Å². The molecule has 5 nitrogen and oxygen atoms in total. The largest absolute Gasteiger partial charge is 0.573 e. The molecule has 22 heavy (non-hydrogen) atoms. The third-order valence-electron chi connectivity index (χ3n) is 3.33. The third kappa shape index (κ3) is 3.70. The highest BCUT2D eigenvalue weighted by Crippen LogP contribution is 2.34. The van der Waals surface area contributed by atoms with Gasteiger partial charge in [-0.25, -0.2) is 0 Å². The van der Waals surface area contributed by atoms with E-state index >= 15 is 0 Å². The monoisotopic (exact) mass is 330 g/mol. The zero-order valence-corrected chi connectivity index (χ0v) is 12.3. The molecule has 118 valence electrons. The van der Waals surface area contributed by atoms with Gasteiger partial charge in [0.15, 0.2) is 0 Å². The summed E-state index contributed by atoms with van der Waals surface area (Å²) in [5.74, 6) is -0.269. The van der Waals surface area contributed by atoms with E-state index in [1.807, 2.05) is 0 Å². The van der Waals surface area contributed by atoms with Crippen molar-refractivity contribution in [2.75, 3.05) is 0 Å². The minimum absolute atomic E-state index is 0.269. The van der Waals surface area contributed by atoms with Gasteiger partial charge in [0.05, 0.1) is 5.69 Å². The lowest BCUT2D eigenvalue weighted by Crippen LogP contribution is -2.17. The molecule has 0 aliphatic heterocycles. The predicted molar refractivity (Wildman–Crippen MR) is 74.0 cm³/mol. The van der Waals surface area contributed by atoms with E-state index in [0.717, 1.165) is 12.8 Å². The number of benzene rings is 1. The van der Waals surface area contributed by atoms with Crippen molar-refractivity contribution in [3.63, 3.8) is 0 Å². The molecular formula is C13H13F3N4OS. The average Bonchev–Trinajstić information content (AvgIpc) is 3.10. The second kappa shape index (κ2) is 6.15. The van der Waals surface area contributed by atoms with Crippen molar-refractivity contribution in [2.24, 2.45) is 0 Å². The Morgan fingerprint density at radius 3 is 2.45 bits per heavy atom. The van der Waals surface area contributed by atoms with Crippen LogP contribution in [0.5, 0.6) is 5.75 Å². The SMILES string of the molecule is FC(F)(F)Oc1ccc(-n2nnnc2SC2CCCC2)cc1. The Morgan fingerprint density at radius 2 is 1.82 bits per heavy atom. The van der Waals surface area contributed by atoms with E-state index in [1.165, 1.54) is 41.8 Å². The fraction of sp³-hybridized carbons (Fsp3) is 0.462. The highest BCUT2D eigenvalue weighted by atomic mass is 32.2. The van der Waals surface area contributed by atoms with Crippen molar-refractivity contribution in [3.05, 3.63) is 24.3 Å². The van der Waals surface area contributed by atoms with Crippen LogP contribution in [0.2, 0.25) is 0 Å². The molecule has 1 fully saturated rings. The fourth-order valence-corrected chi connectivity index (χ4v) is 3.55. The molecule has 1 aliphatic rings. The zero-order chi connectivity index (χ0) is 15.6. The van der Waals surface area contributed by atoms with Gasteiger partial charge in [-0.3, -0.25) is 0 Å². The Balaban J connectivity index is 1.75. The van der Waals surface area contributed by atoms with Crippen LogP contribution in [0.3, 0.4) is 0 Å². The predicted octanol–water partition coefficient (Wildman–Crippen LogP) is 3.60.